The number of fused-ring (bicyclic) bond motifs is 1. The van der Waals surface area contributed by atoms with Crippen molar-refractivity contribution in [2.75, 3.05) is 45.9 Å². The first-order chi connectivity index (χ1) is 20.5. The van der Waals surface area contributed by atoms with Gasteiger partial charge in [-0.25, -0.2) is 0 Å². The molecule has 0 atom stereocenters. The number of rotatable bonds is 13. The second kappa shape index (κ2) is 14.4. The number of nitrogens with zero attached hydrogens (tertiary/aromatic N) is 3. The standard InChI is InChI=1S/C35H44N4O3/c1-27(2)42-33-15-8-14-31-32(35(40)36-25-29-11-7-10-28(3)24-29)26-39(34(31)33)17-9-16-37-18-20-38(21-19-37)22-23-41-30-12-5-4-6-13-30/h4-8,10-15,24,26-27H,9,16-23,25H2,1-3H3,(H,36,40). The van der Waals surface area contributed by atoms with Crippen molar-refractivity contribution in [2.45, 2.75) is 46.4 Å². The first kappa shape index (κ1) is 29.7. The van der Waals surface area contributed by atoms with Crippen molar-refractivity contribution in [3.05, 3.63) is 95.7 Å². The van der Waals surface area contributed by atoms with E-state index in [9.17, 15) is 4.79 Å². The van der Waals surface area contributed by atoms with Crippen LogP contribution in [-0.4, -0.2) is 72.3 Å². The number of carbonyl (C=O) groups is 1. The van der Waals surface area contributed by atoms with Gasteiger partial charge < -0.3 is 24.3 Å². The van der Waals surface area contributed by atoms with Crippen LogP contribution < -0.4 is 14.8 Å². The third-order valence-electron chi connectivity index (χ3n) is 7.76. The molecule has 1 aromatic heterocycles. The van der Waals surface area contributed by atoms with Gasteiger partial charge in [-0.2, -0.15) is 0 Å². The highest BCUT2D eigenvalue weighted by molar-refractivity contribution is 6.08. The minimum atomic E-state index is -0.0608. The summed E-state index contributed by atoms with van der Waals surface area (Å²) >= 11 is 0. The quantitative estimate of drug-likeness (QED) is 0.223. The summed E-state index contributed by atoms with van der Waals surface area (Å²) in [6, 6.07) is 24.3. The SMILES string of the molecule is Cc1cccc(CNC(=O)c2cn(CCCN3CCN(CCOc4ccccc4)CC3)c3c(OC(C)C)cccc23)c1. The molecule has 7 nitrogen and oxygen atoms in total. The van der Waals surface area contributed by atoms with Crippen LogP contribution in [0.5, 0.6) is 11.5 Å². The van der Waals surface area contributed by atoms with Crippen molar-refractivity contribution in [1.82, 2.24) is 19.7 Å². The van der Waals surface area contributed by atoms with Crippen LogP contribution in [0.1, 0.15) is 41.8 Å². The number of benzene rings is 3. The summed E-state index contributed by atoms with van der Waals surface area (Å²) < 4.78 is 14.3. The fraction of sp³-hybridized carbons (Fsp3) is 0.400. The van der Waals surface area contributed by atoms with Crippen molar-refractivity contribution in [3.63, 3.8) is 0 Å². The second-order valence-corrected chi connectivity index (χ2v) is 11.4. The lowest BCUT2D eigenvalue weighted by Gasteiger charge is -2.34. The van der Waals surface area contributed by atoms with Crippen LogP contribution in [0.15, 0.2) is 79.0 Å². The number of aromatic nitrogens is 1. The van der Waals surface area contributed by atoms with E-state index in [1.165, 1.54) is 5.56 Å². The largest absolute Gasteiger partial charge is 0.492 e. The lowest BCUT2D eigenvalue weighted by atomic mass is 10.1. The lowest BCUT2D eigenvalue weighted by molar-refractivity contribution is 0.0952. The van der Waals surface area contributed by atoms with Crippen LogP contribution in [0.25, 0.3) is 10.9 Å². The summed E-state index contributed by atoms with van der Waals surface area (Å²) in [6.45, 7) is 14.4. The molecule has 1 aliphatic heterocycles. The number of nitrogens with one attached hydrogen (secondary N) is 1. The van der Waals surface area contributed by atoms with Gasteiger partial charge in [0.25, 0.3) is 5.91 Å². The summed E-state index contributed by atoms with van der Waals surface area (Å²) in [4.78, 5) is 18.4. The molecule has 1 saturated heterocycles. The number of aryl methyl sites for hydroxylation is 2. The van der Waals surface area contributed by atoms with Crippen molar-refractivity contribution in [2.24, 2.45) is 0 Å². The Balaban J connectivity index is 1.17. The Morgan fingerprint density at radius 3 is 2.36 bits per heavy atom. The zero-order valence-electron chi connectivity index (χ0n) is 25.2. The molecule has 222 valence electrons. The first-order valence-corrected chi connectivity index (χ1v) is 15.2. The molecule has 1 aliphatic rings. The molecule has 0 unspecified atom stereocenters. The maximum Gasteiger partial charge on any atom is 0.253 e. The number of hydrogen-bond acceptors (Lipinski definition) is 5. The molecular formula is C35H44N4O3. The summed E-state index contributed by atoms with van der Waals surface area (Å²) in [5.41, 5.74) is 3.97. The molecule has 0 bridgehead atoms. The van der Waals surface area contributed by atoms with Gasteiger partial charge in [0.05, 0.1) is 17.2 Å². The van der Waals surface area contributed by atoms with E-state index in [1.54, 1.807) is 0 Å². The third-order valence-corrected chi connectivity index (χ3v) is 7.76. The third kappa shape index (κ3) is 7.93. The van der Waals surface area contributed by atoms with Crippen molar-refractivity contribution in [1.29, 1.82) is 0 Å². The Bertz CT molecular complexity index is 1440. The molecule has 0 radical (unpaired) electrons. The molecule has 3 aromatic carbocycles. The van der Waals surface area contributed by atoms with Gasteiger partial charge >= 0.3 is 0 Å². The van der Waals surface area contributed by atoms with Gasteiger partial charge in [-0.3, -0.25) is 9.69 Å². The Labute approximate surface area is 250 Å². The van der Waals surface area contributed by atoms with Crippen LogP contribution in [0.2, 0.25) is 0 Å². The Morgan fingerprint density at radius 2 is 1.62 bits per heavy atom. The molecule has 42 heavy (non-hydrogen) atoms. The molecule has 4 aromatic rings. The number of piperazine rings is 1. The summed E-state index contributed by atoms with van der Waals surface area (Å²) in [7, 11) is 0. The van der Waals surface area contributed by atoms with Crippen molar-refractivity contribution >= 4 is 16.8 Å². The minimum Gasteiger partial charge on any atom is -0.492 e. The lowest BCUT2D eigenvalue weighted by Crippen LogP contribution is -2.47. The average molecular weight is 569 g/mol. The molecule has 2 heterocycles. The van der Waals surface area contributed by atoms with E-state index in [0.717, 1.165) is 80.2 Å². The number of amides is 1. The highest BCUT2D eigenvalue weighted by Crippen LogP contribution is 2.31. The molecule has 1 fully saturated rings. The van der Waals surface area contributed by atoms with E-state index < -0.39 is 0 Å². The fourth-order valence-corrected chi connectivity index (χ4v) is 5.64. The predicted octanol–water partition coefficient (Wildman–Crippen LogP) is 5.75. The summed E-state index contributed by atoms with van der Waals surface area (Å²) in [5, 5.41) is 4.06. The molecule has 1 N–H and O–H groups in total. The van der Waals surface area contributed by atoms with Gasteiger partial charge in [-0.1, -0.05) is 60.2 Å². The smallest absolute Gasteiger partial charge is 0.253 e. The van der Waals surface area contributed by atoms with Gasteiger partial charge in [-0.05, 0) is 57.5 Å². The van der Waals surface area contributed by atoms with Crippen LogP contribution in [0, 0.1) is 6.92 Å². The topological polar surface area (TPSA) is 59.0 Å². The molecule has 7 heteroatoms. The average Bonchev–Trinajstić information content (AvgIpc) is 3.37. The first-order valence-electron chi connectivity index (χ1n) is 15.2. The van der Waals surface area contributed by atoms with Crippen LogP contribution in [-0.2, 0) is 13.1 Å². The molecule has 0 aliphatic carbocycles. The molecule has 1 amide bonds. The maximum atomic E-state index is 13.4. The van der Waals surface area contributed by atoms with Crippen LogP contribution in [0.4, 0.5) is 0 Å². The Morgan fingerprint density at radius 1 is 0.881 bits per heavy atom. The zero-order chi connectivity index (χ0) is 29.3. The summed E-state index contributed by atoms with van der Waals surface area (Å²) in [6.07, 6.45) is 3.06. The Hall–Kier alpha value is -3.81. The maximum absolute atomic E-state index is 13.4. The highest BCUT2D eigenvalue weighted by Gasteiger charge is 2.20. The van der Waals surface area contributed by atoms with E-state index in [1.807, 2.05) is 80.7 Å². The molecule has 0 spiro atoms. The highest BCUT2D eigenvalue weighted by atomic mass is 16.5. The zero-order valence-corrected chi connectivity index (χ0v) is 25.2. The van der Waals surface area contributed by atoms with Gasteiger partial charge in [-0.15, -0.1) is 0 Å². The number of carbonyl (C=O) groups excluding carboxylic acids is 1. The van der Waals surface area contributed by atoms with Crippen molar-refractivity contribution in [3.8, 4) is 11.5 Å². The predicted molar refractivity (Wildman–Crippen MR) is 169 cm³/mol. The van der Waals surface area contributed by atoms with Gasteiger partial charge in [0, 0.05) is 57.4 Å². The normalized spacial score (nSPS) is 14.4. The van der Waals surface area contributed by atoms with Crippen LogP contribution in [0.3, 0.4) is 0 Å². The van der Waals surface area contributed by atoms with Gasteiger partial charge in [0.2, 0.25) is 0 Å². The number of para-hydroxylation sites is 2. The van der Waals surface area contributed by atoms with Gasteiger partial charge in [0.1, 0.15) is 18.1 Å². The van der Waals surface area contributed by atoms with Crippen molar-refractivity contribution < 1.29 is 14.3 Å². The number of hydrogen-bond donors (Lipinski definition) is 1. The van der Waals surface area contributed by atoms with Crippen LogP contribution >= 0.6 is 0 Å². The van der Waals surface area contributed by atoms with E-state index in [4.69, 9.17) is 9.47 Å². The van der Waals surface area contributed by atoms with E-state index in [0.29, 0.717) is 18.7 Å². The van der Waals surface area contributed by atoms with Gasteiger partial charge in [0.15, 0.2) is 0 Å². The van der Waals surface area contributed by atoms with E-state index in [-0.39, 0.29) is 12.0 Å². The summed E-state index contributed by atoms with van der Waals surface area (Å²) in [5.74, 6) is 1.70. The second-order valence-electron chi connectivity index (χ2n) is 11.4. The Kier molecular flexibility index (Phi) is 10.2. The monoisotopic (exact) mass is 568 g/mol. The minimum absolute atomic E-state index is 0.0481. The fourth-order valence-electron chi connectivity index (χ4n) is 5.64. The molecule has 0 saturated carbocycles. The van der Waals surface area contributed by atoms with E-state index in [2.05, 4.69) is 38.7 Å². The van der Waals surface area contributed by atoms with E-state index >= 15 is 0 Å². The molecule has 5 rings (SSSR count). The molecular weight excluding hydrogens is 524 g/mol. The number of ether oxygens (including phenoxy) is 2.